The summed E-state index contributed by atoms with van der Waals surface area (Å²) in [5.74, 6) is -0.336. The average Bonchev–Trinajstić information content (AvgIpc) is 1.55. The van der Waals surface area contributed by atoms with Crippen LogP contribution in [-0.4, -0.2) is 44.0 Å². The molecule has 0 bridgehead atoms. The Morgan fingerprint density at radius 1 is 1.45 bits per heavy atom. The quantitative estimate of drug-likeness (QED) is 0.373. The highest BCUT2D eigenvalue weighted by Crippen LogP contribution is 1.97. The first kappa shape index (κ1) is 10.8. The van der Waals surface area contributed by atoms with E-state index in [9.17, 15) is 13.6 Å². The van der Waals surface area contributed by atoms with E-state index in [-0.39, 0.29) is 18.7 Å². The number of nitrogens with zero attached hydrogens (tertiary/aromatic N) is 1. The van der Waals surface area contributed by atoms with Crippen molar-refractivity contribution in [2.75, 3.05) is 26.4 Å². The average molecular weight is 183 g/mol. The zero-order chi connectivity index (χ0) is 9.12. The van der Waals surface area contributed by atoms with Gasteiger partial charge in [-0.15, -0.1) is 0 Å². The Morgan fingerprint density at radius 2 is 1.91 bits per heavy atom. The Hall–Kier alpha value is -0.170. The molecule has 0 radical (unpaired) electrons. The van der Waals surface area contributed by atoms with E-state index < -0.39 is 14.8 Å². The van der Waals surface area contributed by atoms with Crippen LogP contribution in [0.5, 0.6) is 0 Å². The van der Waals surface area contributed by atoms with Crippen molar-refractivity contribution >= 4 is 10.1 Å². The number of rotatable bonds is 4. The molecular formula is C5H13NO4S. The van der Waals surface area contributed by atoms with Gasteiger partial charge in [-0.25, -0.2) is 0 Å². The fourth-order valence-electron chi connectivity index (χ4n) is 0.628. The van der Waals surface area contributed by atoms with Crippen LogP contribution in [0, 0.1) is 5.21 Å². The Morgan fingerprint density at radius 3 is 2.18 bits per heavy atom. The van der Waals surface area contributed by atoms with Gasteiger partial charge >= 0.3 is 0 Å². The van der Waals surface area contributed by atoms with Crippen LogP contribution in [0.15, 0.2) is 0 Å². The molecule has 0 saturated carbocycles. The van der Waals surface area contributed by atoms with Crippen LogP contribution < -0.4 is 0 Å². The highest BCUT2D eigenvalue weighted by Gasteiger charge is 2.07. The van der Waals surface area contributed by atoms with Gasteiger partial charge in [0.2, 0.25) is 0 Å². The maximum atomic E-state index is 10.9. The highest BCUT2D eigenvalue weighted by atomic mass is 32.2. The second-order valence-electron chi connectivity index (χ2n) is 2.94. The van der Waals surface area contributed by atoms with E-state index in [0.29, 0.717) is 0 Å². The van der Waals surface area contributed by atoms with Crippen molar-refractivity contribution in [1.29, 1.82) is 0 Å². The van der Waals surface area contributed by atoms with E-state index in [2.05, 4.69) is 0 Å². The normalized spacial score (nSPS) is 13.5. The predicted molar refractivity (Wildman–Crippen MR) is 41.4 cm³/mol. The smallest absolute Gasteiger partial charge is 0.265 e. The van der Waals surface area contributed by atoms with E-state index in [4.69, 9.17) is 4.55 Å². The first-order chi connectivity index (χ1) is 4.71. The fourth-order valence-corrected chi connectivity index (χ4v) is 1.12. The van der Waals surface area contributed by atoms with E-state index in [1.54, 1.807) is 0 Å². The second-order valence-corrected chi connectivity index (χ2v) is 4.51. The molecule has 0 aliphatic rings. The standard InChI is InChI=1S/C5H13NO4S/c1-6(2,7)4-3-5-11(8,9)10/h3-5H2,1-2H3,(H,8,9,10). The molecule has 68 valence electrons. The lowest BCUT2D eigenvalue weighted by atomic mass is 10.4. The van der Waals surface area contributed by atoms with Gasteiger partial charge < -0.3 is 9.85 Å². The molecule has 0 rings (SSSR count). The molecule has 0 fully saturated rings. The van der Waals surface area contributed by atoms with E-state index in [0.717, 1.165) is 0 Å². The first-order valence-electron chi connectivity index (χ1n) is 3.20. The summed E-state index contributed by atoms with van der Waals surface area (Å²) in [7, 11) is -1.05. The molecule has 0 aromatic carbocycles. The topological polar surface area (TPSA) is 77.4 Å². The van der Waals surface area contributed by atoms with Crippen molar-refractivity contribution in [3.63, 3.8) is 0 Å². The largest absolute Gasteiger partial charge is 0.633 e. The van der Waals surface area contributed by atoms with Crippen LogP contribution in [0.3, 0.4) is 0 Å². The minimum absolute atomic E-state index is 0.190. The molecule has 0 saturated heterocycles. The highest BCUT2D eigenvalue weighted by molar-refractivity contribution is 7.85. The molecule has 0 aromatic heterocycles. The molecule has 0 spiro atoms. The van der Waals surface area contributed by atoms with Gasteiger partial charge in [0.25, 0.3) is 10.1 Å². The maximum Gasteiger partial charge on any atom is 0.265 e. The predicted octanol–water partition coefficient (Wildman–Crippen LogP) is -0.161. The summed E-state index contributed by atoms with van der Waals surface area (Å²) in [4.78, 5) is 0. The molecule has 0 unspecified atom stereocenters. The number of hydrogen-bond donors (Lipinski definition) is 1. The van der Waals surface area contributed by atoms with E-state index >= 15 is 0 Å². The summed E-state index contributed by atoms with van der Waals surface area (Å²) in [6, 6.07) is 0. The summed E-state index contributed by atoms with van der Waals surface area (Å²) < 4.78 is 28.1. The molecule has 6 heteroatoms. The van der Waals surface area contributed by atoms with Gasteiger partial charge in [0.15, 0.2) is 0 Å². The van der Waals surface area contributed by atoms with Crippen LogP contribution in [0.25, 0.3) is 0 Å². The van der Waals surface area contributed by atoms with Crippen LogP contribution in [0.4, 0.5) is 0 Å². The van der Waals surface area contributed by atoms with Gasteiger partial charge in [-0.3, -0.25) is 4.55 Å². The zero-order valence-corrected chi connectivity index (χ0v) is 7.47. The maximum absolute atomic E-state index is 10.9. The Bertz CT molecular complexity index is 203. The zero-order valence-electron chi connectivity index (χ0n) is 6.65. The van der Waals surface area contributed by atoms with Crippen molar-refractivity contribution in [2.24, 2.45) is 0 Å². The lowest BCUT2D eigenvalue weighted by Crippen LogP contribution is -2.34. The molecule has 0 aromatic rings. The van der Waals surface area contributed by atoms with Crippen LogP contribution in [0.2, 0.25) is 0 Å². The van der Waals surface area contributed by atoms with E-state index in [1.807, 2.05) is 0 Å². The van der Waals surface area contributed by atoms with Gasteiger partial charge in [0, 0.05) is 6.42 Å². The lowest BCUT2D eigenvalue weighted by Gasteiger charge is -2.33. The first-order valence-corrected chi connectivity index (χ1v) is 4.81. The SMILES string of the molecule is C[N+](C)([O-])CCCS(=O)(=O)O. The monoisotopic (exact) mass is 183 g/mol. The summed E-state index contributed by atoms with van der Waals surface area (Å²) in [5, 5.41) is 10.9. The lowest BCUT2D eigenvalue weighted by molar-refractivity contribution is -0.839. The molecular weight excluding hydrogens is 170 g/mol. The molecule has 0 atom stereocenters. The molecule has 0 heterocycles. The van der Waals surface area contributed by atoms with Crippen molar-refractivity contribution < 1.29 is 17.6 Å². The minimum Gasteiger partial charge on any atom is -0.633 e. The Labute approximate surface area is 66.5 Å². The molecule has 5 nitrogen and oxygen atoms in total. The van der Waals surface area contributed by atoms with Crippen LogP contribution in [-0.2, 0) is 10.1 Å². The molecule has 0 amide bonds. The number of hydrogen-bond acceptors (Lipinski definition) is 3. The van der Waals surface area contributed by atoms with E-state index in [1.165, 1.54) is 14.1 Å². The number of quaternary nitrogens is 1. The van der Waals surface area contributed by atoms with Crippen molar-refractivity contribution in [3.8, 4) is 0 Å². The second kappa shape index (κ2) is 3.48. The Kier molecular flexibility index (Phi) is 3.43. The van der Waals surface area contributed by atoms with Gasteiger partial charge in [-0.1, -0.05) is 0 Å². The molecule has 0 aliphatic carbocycles. The molecule has 0 aliphatic heterocycles. The van der Waals surface area contributed by atoms with Gasteiger partial charge in [0.05, 0.1) is 26.4 Å². The van der Waals surface area contributed by atoms with Crippen molar-refractivity contribution in [2.45, 2.75) is 6.42 Å². The summed E-state index contributed by atoms with van der Waals surface area (Å²) >= 11 is 0. The van der Waals surface area contributed by atoms with Crippen LogP contribution in [0.1, 0.15) is 6.42 Å². The van der Waals surface area contributed by atoms with Gasteiger partial charge in [-0.2, -0.15) is 8.42 Å². The molecule has 1 N–H and O–H groups in total. The van der Waals surface area contributed by atoms with Gasteiger partial charge in [0.1, 0.15) is 0 Å². The number of hydroxylamine groups is 3. The third kappa shape index (κ3) is 9.83. The Balaban J connectivity index is 3.61. The third-order valence-electron chi connectivity index (χ3n) is 1.10. The van der Waals surface area contributed by atoms with Gasteiger partial charge in [-0.05, 0) is 0 Å². The molecule has 11 heavy (non-hydrogen) atoms. The van der Waals surface area contributed by atoms with Crippen molar-refractivity contribution in [3.05, 3.63) is 5.21 Å². The van der Waals surface area contributed by atoms with Crippen LogP contribution >= 0.6 is 0 Å². The minimum atomic E-state index is -3.90. The summed E-state index contributed by atoms with van der Waals surface area (Å²) in [5.41, 5.74) is 0. The summed E-state index contributed by atoms with van der Waals surface area (Å²) in [6.45, 7) is 0.194. The third-order valence-corrected chi connectivity index (χ3v) is 1.90. The summed E-state index contributed by atoms with van der Waals surface area (Å²) in [6.07, 6.45) is 0.190. The van der Waals surface area contributed by atoms with Crippen molar-refractivity contribution in [1.82, 2.24) is 0 Å². The fraction of sp³-hybridized carbons (Fsp3) is 1.00.